The number of benzene rings is 1. The normalized spacial score (nSPS) is 34.8. The molecule has 3 aliphatic carbocycles. The zero-order valence-corrected chi connectivity index (χ0v) is 14.5. The molecule has 0 unspecified atom stereocenters. The van der Waals surface area contributed by atoms with E-state index in [0.717, 1.165) is 23.7 Å². The van der Waals surface area contributed by atoms with Crippen LogP contribution in [0, 0.1) is 23.2 Å². The van der Waals surface area contributed by atoms with Crippen molar-refractivity contribution in [3.63, 3.8) is 0 Å². The fraction of sp³-hybridized carbons (Fsp3) is 0.600. The number of hydrogen-bond donors (Lipinski definition) is 0. The molecule has 112 valence electrons. The number of rotatable bonds is 5. The summed E-state index contributed by atoms with van der Waals surface area (Å²) >= 11 is 3.58. The summed E-state index contributed by atoms with van der Waals surface area (Å²) in [7, 11) is 0. The van der Waals surface area contributed by atoms with Crippen molar-refractivity contribution in [2.45, 2.75) is 51.4 Å². The molecular formula is C20H25Br. The minimum atomic E-state index is 0.689. The fourth-order valence-corrected chi connectivity index (χ4v) is 5.58. The third kappa shape index (κ3) is 2.15. The highest BCUT2D eigenvalue weighted by molar-refractivity contribution is 9.10. The summed E-state index contributed by atoms with van der Waals surface area (Å²) in [5.74, 6) is 3.39. The molecule has 0 nitrogen and oxygen atoms in total. The van der Waals surface area contributed by atoms with Crippen molar-refractivity contribution in [1.29, 1.82) is 0 Å². The van der Waals surface area contributed by atoms with Crippen LogP contribution in [0.5, 0.6) is 0 Å². The average Bonchev–Trinajstić information content (AvgIpc) is 3.15. The zero-order valence-electron chi connectivity index (χ0n) is 12.9. The van der Waals surface area contributed by atoms with Crippen molar-refractivity contribution in [2.24, 2.45) is 23.2 Å². The lowest BCUT2D eigenvalue weighted by molar-refractivity contribution is 0.331. The molecule has 4 rings (SSSR count). The Labute approximate surface area is 137 Å². The van der Waals surface area contributed by atoms with Crippen molar-refractivity contribution < 1.29 is 0 Å². The van der Waals surface area contributed by atoms with E-state index in [0.29, 0.717) is 5.41 Å². The van der Waals surface area contributed by atoms with Crippen molar-refractivity contribution in [3.8, 4) is 0 Å². The summed E-state index contributed by atoms with van der Waals surface area (Å²) < 4.78 is 1.20. The molecule has 0 amide bonds. The van der Waals surface area contributed by atoms with Crippen LogP contribution in [-0.2, 0) is 0 Å². The number of halogens is 1. The summed E-state index contributed by atoms with van der Waals surface area (Å²) in [4.78, 5) is 0. The lowest BCUT2D eigenvalue weighted by atomic mass is 9.76. The molecule has 4 atom stereocenters. The number of allylic oxidation sites excluding steroid dienone is 2. The zero-order chi connectivity index (χ0) is 14.4. The average molecular weight is 345 g/mol. The molecule has 0 N–H and O–H groups in total. The van der Waals surface area contributed by atoms with Crippen LogP contribution in [0.15, 0.2) is 40.9 Å². The molecule has 0 heterocycles. The van der Waals surface area contributed by atoms with Crippen LogP contribution >= 0.6 is 15.9 Å². The van der Waals surface area contributed by atoms with Crippen LogP contribution in [-0.4, -0.2) is 0 Å². The second-order valence-electron chi connectivity index (χ2n) is 7.41. The van der Waals surface area contributed by atoms with Crippen molar-refractivity contribution in [3.05, 3.63) is 46.5 Å². The third-order valence-electron chi connectivity index (χ3n) is 6.39. The van der Waals surface area contributed by atoms with Crippen LogP contribution in [0.25, 0.3) is 0 Å². The Kier molecular flexibility index (Phi) is 3.52. The molecule has 1 aromatic carbocycles. The van der Waals surface area contributed by atoms with Gasteiger partial charge in [0.2, 0.25) is 0 Å². The Hall–Kier alpha value is -0.560. The first-order chi connectivity index (χ1) is 10.3. The Morgan fingerprint density at radius 3 is 2.43 bits per heavy atom. The molecule has 1 heteroatoms. The first kappa shape index (κ1) is 14.1. The Bertz CT molecular complexity index is 537. The lowest BCUT2D eigenvalue weighted by Gasteiger charge is -2.28. The third-order valence-corrected chi connectivity index (χ3v) is 6.91. The van der Waals surface area contributed by atoms with Crippen molar-refractivity contribution >= 4 is 15.9 Å². The lowest BCUT2D eigenvalue weighted by Crippen LogP contribution is -2.17. The highest BCUT2D eigenvalue weighted by Gasteiger charge is 2.66. The van der Waals surface area contributed by atoms with Gasteiger partial charge in [-0.1, -0.05) is 66.4 Å². The van der Waals surface area contributed by atoms with Gasteiger partial charge in [0.15, 0.2) is 0 Å². The van der Waals surface area contributed by atoms with E-state index >= 15 is 0 Å². The van der Waals surface area contributed by atoms with Gasteiger partial charge in [-0.2, -0.15) is 0 Å². The SMILES string of the molecule is CCCCC[C@H]1[C@@H](c2ccc(Br)cc2)[C@@H]2C=C[C@H]1C21CC1. The second kappa shape index (κ2) is 5.26. The topological polar surface area (TPSA) is 0 Å². The predicted octanol–water partition coefficient (Wildman–Crippen LogP) is 6.33. The van der Waals surface area contributed by atoms with E-state index in [1.807, 2.05) is 0 Å². The molecule has 0 radical (unpaired) electrons. The second-order valence-corrected chi connectivity index (χ2v) is 8.32. The molecule has 2 saturated carbocycles. The maximum absolute atomic E-state index is 3.58. The first-order valence-corrected chi connectivity index (χ1v) is 9.49. The van der Waals surface area contributed by atoms with Gasteiger partial charge >= 0.3 is 0 Å². The molecule has 1 aromatic rings. The van der Waals surface area contributed by atoms with Crippen LogP contribution in [0.3, 0.4) is 0 Å². The smallest absolute Gasteiger partial charge is 0.0175 e. The summed E-state index contributed by atoms with van der Waals surface area (Å²) in [5.41, 5.74) is 2.28. The van der Waals surface area contributed by atoms with Crippen LogP contribution in [0.2, 0.25) is 0 Å². The van der Waals surface area contributed by atoms with Gasteiger partial charge in [0.1, 0.15) is 0 Å². The predicted molar refractivity (Wildman–Crippen MR) is 92.3 cm³/mol. The van der Waals surface area contributed by atoms with E-state index in [4.69, 9.17) is 0 Å². The summed E-state index contributed by atoms with van der Waals surface area (Å²) in [6.45, 7) is 2.31. The number of unbranched alkanes of at least 4 members (excludes halogenated alkanes) is 2. The molecule has 0 aromatic heterocycles. The van der Waals surface area contributed by atoms with Gasteiger partial charge in [0.05, 0.1) is 0 Å². The Morgan fingerprint density at radius 2 is 1.76 bits per heavy atom. The highest BCUT2D eigenvalue weighted by Crippen LogP contribution is 2.74. The van der Waals surface area contributed by atoms with Gasteiger partial charge < -0.3 is 0 Å². The van der Waals surface area contributed by atoms with E-state index < -0.39 is 0 Å². The summed E-state index contributed by atoms with van der Waals surface area (Å²) in [6, 6.07) is 9.19. The van der Waals surface area contributed by atoms with E-state index in [-0.39, 0.29) is 0 Å². The van der Waals surface area contributed by atoms with E-state index in [2.05, 4.69) is 59.3 Å². The largest absolute Gasteiger partial charge is 0.0842 e. The quantitative estimate of drug-likeness (QED) is 0.432. The van der Waals surface area contributed by atoms with Crippen LogP contribution in [0.4, 0.5) is 0 Å². The molecule has 2 fully saturated rings. The van der Waals surface area contributed by atoms with Crippen LogP contribution in [0.1, 0.15) is 56.9 Å². The molecule has 21 heavy (non-hydrogen) atoms. The van der Waals surface area contributed by atoms with Crippen molar-refractivity contribution in [1.82, 2.24) is 0 Å². The molecular weight excluding hydrogens is 320 g/mol. The standard InChI is InChI=1S/C20H25Br/c1-2-3-4-5-16-17-10-11-18(20(17)12-13-20)19(16)14-6-8-15(21)9-7-14/h6-11,16-19H,2-5,12-13H2,1H3/t16-,17-,18+,19-/m1/s1. The van der Waals surface area contributed by atoms with Gasteiger partial charge in [-0.25, -0.2) is 0 Å². The molecule has 3 aliphatic rings. The summed E-state index contributed by atoms with van der Waals surface area (Å²) in [6.07, 6.45) is 13.7. The van der Waals surface area contributed by atoms with Crippen molar-refractivity contribution in [2.75, 3.05) is 0 Å². The highest BCUT2D eigenvalue weighted by atomic mass is 79.9. The maximum atomic E-state index is 3.58. The van der Waals surface area contributed by atoms with Gasteiger partial charge in [0.25, 0.3) is 0 Å². The minimum absolute atomic E-state index is 0.689. The maximum Gasteiger partial charge on any atom is 0.0175 e. The molecule has 1 spiro atoms. The minimum Gasteiger partial charge on any atom is -0.0842 e. The summed E-state index contributed by atoms with van der Waals surface area (Å²) in [5, 5.41) is 0. The van der Waals surface area contributed by atoms with Gasteiger partial charge in [-0.15, -0.1) is 0 Å². The van der Waals surface area contributed by atoms with Gasteiger partial charge in [-0.05, 0) is 66.0 Å². The Balaban J connectivity index is 1.63. The van der Waals surface area contributed by atoms with E-state index in [1.54, 1.807) is 5.56 Å². The first-order valence-electron chi connectivity index (χ1n) is 8.70. The van der Waals surface area contributed by atoms with Crippen LogP contribution < -0.4 is 0 Å². The Morgan fingerprint density at radius 1 is 1.05 bits per heavy atom. The van der Waals surface area contributed by atoms with Gasteiger partial charge in [-0.3, -0.25) is 0 Å². The molecule has 0 aliphatic heterocycles. The van der Waals surface area contributed by atoms with E-state index in [9.17, 15) is 0 Å². The molecule has 2 bridgehead atoms. The van der Waals surface area contributed by atoms with Gasteiger partial charge in [0, 0.05) is 4.47 Å². The van der Waals surface area contributed by atoms with E-state index in [1.165, 1.54) is 43.0 Å². The monoisotopic (exact) mass is 344 g/mol. The number of hydrogen-bond acceptors (Lipinski definition) is 0. The fourth-order valence-electron chi connectivity index (χ4n) is 5.32. The molecule has 0 saturated heterocycles.